The Morgan fingerprint density at radius 1 is 1.69 bits per heavy atom. The number of ether oxygens (including phenoxy) is 1. The number of nitrogens with zero attached hydrogens (tertiary/aromatic N) is 1. The summed E-state index contributed by atoms with van der Waals surface area (Å²) in [6.07, 6.45) is -1.26. The van der Waals surface area contributed by atoms with Gasteiger partial charge in [0.05, 0.1) is 24.0 Å². The number of rotatable bonds is 5. The molecule has 0 radical (unpaired) electrons. The van der Waals surface area contributed by atoms with E-state index in [9.17, 15) is 15.0 Å². The molecule has 1 aromatic heterocycles. The molecule has 0 amide bonds. The molecule has 16 heavy (non-hydrogen) atoms. The van der Waals surface area contributed by atoms with Crippen molar-refractivity contribution in [2.45, 2.75) is 25.6 Å². The zero-order chi connectivity index (χ0) is 12.1. The van der Waals surface area contributed by atoms with Gasteiger partial charge in [0, 0.05) is 6.20 Å². The second-order valence-corrected chi connectivity index (χ2v) is 4.22. The normalized spacial score (nSPS) is 14.4. The van der Waals surface area contributed by atoms with E-state index in [1.807, 2.05) is 0 Å². The highest BCUT2D eigenvalue weighted by molar-refractivity contribution is 7.15. The van der Waals surface area contributed by atoms with Crippen LogP contribution in [0.15, 0.2) is 6.20 Å². The molecule has 7 heteroatoms. The highest BCUT2D eigenvalue weighted by Crippen LogP contribution is 2.25. The topological polar surface area (TPSA) is 106 Å². The van der Waals surface area contributed by atoms with Gasteiger partial charge in [0.1, 0.15) is 6.10 Å². The van der Waals surface area contributed by atoms with Crippen molar-refractivity contribution in [1.82, 2.24) is 4.98 Å². The van der Waals surface area contributed by atoms with Crippen LogP contribution in [-0.4, -0.2) is 33.9 Å². The minimum absolute atomic E-state index is 0.245. The quantitative estimate of drug-likeness (QED) is 0.635. The molecule has 4 N–H and O–H groups in total. The third kappa shape index (κ3) is 3.44. The molecule has 0 aromatic carbocycles. The molecule has 1 rings (SSSR count). The molecule has 0 saturated heterocycles. The molecule has 1 aromatic rings. The Kier molecular flexibility index (Phi) is 4.66. The maximum atomic E-state index is 11.1. The first-order valence-corrected chi connectivity index (χ1v) is 5.59. The fraction of sp³-hybridized carbons (Fsp3) is 0.556. The Morgan fingerprint density at radius 3 is 2.88 bits per heavy atom. The number of aromatic nitrogens is 1. The Labute approximate surface area is 96.7 Å². The first-order valence-electron chi connectivity index (χ1n) is 4.77. The first-order chi connectivity index (χ1) is 7.54. The van der Waals surface area contributed by atoms with Crippen molar-refractivity contribution < 1.29 is 19.7 Å². The van der Waals surface area contributed by atoms with E-state index in [0.29, 0.717) is 10.0 Å². The summed E-state index contributed by atoms with van der Waals surface area (Å²) in [4.78, 5) is 15.2. The van der Waals surface area contributed by atoms with E-state index in [1.165, 1.54) is 6.20 Å². The van der Waals surface area contributed by atoms with Crippen molar-refractivity contribution in [2.75, 3.05) is 12.3 Å². The van der Waals surface area contributed by atoms with Crippen LogP contribution in [0, 0.1) is 0 Å². The lowest BCUT2D eigenvalue weighted by Gasteiger charge is -2.14. The number of carbonyl (C=O) groups excluding carboxylic acids is 1. The number of aliphatic hydroxyl groups is 2. The summed E-state index contributed by atoms with van der Waals surface area (Å²) in [5.74, 6) is -0.550. The number of hydrogen-bond acceptors (Lipinski definition) is 7. The van der Waals surface area contributed by atoms with Crippen LogP contribution in [-0.2, 0) is 9.53 Å². The van der Waals surface area contributed by atoms with Crippen LogP contribution in [0.25, 0.3) is 0 Å². The monoisotopic (exact) mass is 246 g/mol. The van der Waals surface area contributed by atoms with Crippen molar-refractivity contribution >= 4 is 22.4 Å². The second-order valence-electron chi connectivity index (χ2n) is 3.12. The largest absolute Gasteiger partial charge is 0.466 e. The standard InChI is InChI=1S/C9H14N2O4S/c1-2-15-7(13)3-5(12)8(14)6-4-11-9(10)16-6/h4-5,8,12,14H,2-3H2,1H3,(H2,10,11). The van der Waals surface area contributed by atoms with E-state index in [1.54, 1.807) is 6.92 Å². The predicted octanol–water partition coefficient (Wildman–Crippen LogP) is 0.0728. The summed E-state index contributed by atoms with van der Waals surface area (Å²) in [6, 6.07) is 0. The van der Waals surface area contributed by atoms with Crippen molar-refractivity contribution in [3.8, 4) is 0 Å². The second kappa shape index (κ2) is 5.78. The molecule has 2 atom stereocenters. The molecular formula is C9H14N2O4S. The molecular weight excluding hydrogens is 232 g/mol. The number of nitrogens with two attached hydrogens (primary N) is 1. The lowest BCUT2D eigenvalue weighted by atomic mass is 10.1. The Hall–Kier alpha value is -1.18. The molecule has 0 aliphatic carbocycles. The molecule has 2 unspecified atom stereocenters. The van der Waals surface area contributed by atoms with Crippen molar-refractivity contribution in [3.05, 3.63) is 11.1 Å². The van der Waals surface area contributed by atoms with Crippen molar-refractivity contribution in [3.63, 3.8) is 0 Å². The predicted molar refractivity (Wildman–Crippen MR) is 58.7 cm³/mol. The van der Waals surface area contributed by atoms with Crippen molar-refractivity contribution in [2.24, 2.45) is 0 Å². The van der Waals surface area contributed by atoms with Crippen LogP contribution in [0.1, 0.15) is 24.3 Å². The van der Waals surface area contributed by atoms with Gasteiger partial charge >= 0.3 is 5.97 Å². The van der Waals surface area contributed by atoms with Crippen molar-refractivity contribution in [1.29, 1.82) is 0 Å². The maximum absolute atomic E-state index is 11.1. The zero-order valence-electron chi connectivity index (χ0n) is 8.79. The minimum Gasteiger partial charge on any atom is -0.466 e. The van der Waals surface area contributed by atoms with Crippen LogP contribution in [0.5, 0.6) is 0 Å². The van der Waals surface area contributed by atoms with Gasteiger partial charge in [-0.15, -0.1) is 0 Å². The van der Waals surface area contributed by atoms with Gasteiger partial charge < -0.3 is 20.7 Å². The summed E-state index contributed by atoms with van der Waals surface area (Å²) in [6.45, 7) is 1.92. The molecule has 0 aliphatic rings. The Balaban J connectivity index is 2.53. The summed E-state index contributed by atoms with van der Waals surface area (Å²) in [5.41, 5.74) is 5.39. The van der Waals surface area contributed by atoms with Gasteiger partial charge in [-0.2, -0.15) is 0 Å². The number of aliphatic hydroxyl groups excluding tert-OH is 2. The van der Waals surface area contributed by atoms with Gasteiger partial charge in [-0.05, 0) is 6.92 Å². The van der Waals surface area contributed by atoms with Crippen LogP contribution >= 0.6 is 11.3 Å². The molecule has 0 saturated carbocycles. The molecule has 0 aliphatic heterocycles. The number of nitrogen functional groups attached to an aromatic ring is 1. The highest BCUT2D eigenvalue weighted by atomic mass is 32.1. The Bertz CT molecular complexity index is 355. The third-order valence-corrected chi connectivity index (χ3v) is 2.78. The van der Waals surface area contributed by atoms with E-state index in [2.05, 4.69) is 9.72 Å². The zero-order valence-corrected chi connectivity index (χ0v) is 9.61. The molecule has 1 heterocycles. The van der Waals surface area contributed by atoms with Crippen LogP contribution < -0.4 is 5.73 Å². The first kappa shape index (κ1) is 12.9. The lowest BCUT2D eigenvalue weighted by molar-refractivity contribution is -0.147. The molecule has 0 bridgehead atoms. The number of anilines is 1. The molecule has 6 nitrogen and oxygen atoms in total. The molecule has 0 fully saturated rings. The third-order valence-electron chi connectivity index (χ3n) is 1.88. The van der Waals surface area contributed by atoms with Gasteiger partial charge in [-0.3, -0.25) is 4.79 Å². The average molecular weight is 246 g/mol. The summed E-state index contributed by atoms with van der Waals surface area (Å²) < 4.78 is 4.66. The van der Waals surface area contributed by atoms with E-state index in [4.69, 9.17) is 5.73 Å². The summed E-state index contributed by atoms with van der Waals surface area (Å²) in [5, 5.41) is 19.5. The van der Waals surface area contributed by atoms with Gasteiger partial charge in [-0.1, -0.05) is 11.3 Å². The minimum atomic E-state index is -1.21. The average Bonchev–Trinajstić information content (AvgIpc) is 2.64. The number of esters is 1. The number of thiazole rings is 1. The van der Waals surface area contributed by atoms with Gasteiger partial charge in [0.15, 0.2) is 5.13 Å². The fourth-order valence-electron chi connectivity index (χ4n) is 1.13. The van der Waals surface area contributed by atoms with Gasteiger partial charge in [0.25, 0.3) is 0 Å². The van der Waals surface area contributed by atoms with Gasteiger partial charge in [-0.25, -0.2) is 4.98 Å². The fourth-order valence-corrected chi connectivity index (χ4v) is 1.86. The lowest BCUT2D eigenvalue weighted by Crippen LogP contribution is -2.22. The Morgan fingerprint density at radius 2 is 2.38 bits per heavy atom. The van der Waals surface area contributed by atoms with E-state index in [-0.39, 0.29) is 13.0 Å². The van der Waals surface area contributed by atoms with Crippen LogP contribution in [0.4, 0.5) is 5.13 Å². The maximum Gasteiger partial charge on any atom is 0.308 e. The van der Waals surface area contributed by atoms with E-state index < -0.39 is 18.2 Å². The SMILES string of the molecule is CCOC(=O)CC(O)C(O)c1cnc(N)s1. The molecule has 90 valence electrons. The van der Waals surface area contributed by atoms with Gasteiger partial charge in [0.2, 0.25) is 0 Å². The van der Waals surface area contributed by atoms with E-state index >= 15 is 0 Å². The number of carbonyl (C=O) groups is 1. The molecule has 0 spiro atoms. The van der Waals surface area contributed by atoms with E-state index in [0.717, 1.165) is 11.3 Å². The summed E-state index contributed by atoms with van der Waals surface area (Å²) >= 11 is 1.07. The summed E-state index contributed by atoms with van der Waals surface area (Å²) in [7, 11) is 0. The van der Waals surface area contributed by atoms with Crippen LogP contribution in [0.3, 0.4) is 0 Å². The van der Waals surface area contributed by atoms with Crippen LogP contribution in [0.2, 0.25) is 0 Å². The smallest absolute Gasteiger partial charge is 0.308 e. The highest BCUT2D eigenvalue weighted by Gasteiger charge is 2.23. The number of hydrogen-bond donors (Lipinski definition) is 3.